The Morgan fingerprint density at radius 3 is 1.68 bits per heavy atom. The van der Waals surface area contributed by atoms with Crippen LogP contribution < -0.4 is 9.75 Å². The van der Waals surface area contributed by atoms with Gasteiger partial charge in [0.1, 0.15) is 0 Å². The van der Waals surface area contributed by atoms with Crippen LogP contribution in [0.3, 0.4) is 0 Å². The van der Waals surface area contributed by atoms with Gasteiger partial charge in [-0.25, -0.2) is 9.97 Å². The molecule has 6 heteroatoms. The monoisotopic (exact) mass is 1080 g/mol. The zero-order valence-corrected chi connectivity index (χ0v) is 46.0. The maximum Gasteiger partial charge on any atom is 0.235 e. The normalized spacial score (nSPS) is 13.4. The lowest BCUT2D eigenvalue weighted by Crippen LogP contribution is -2.23. The molecule has 0 N–H and O–H groups in total. The molecule has 1 aliphatic carbocycles. The van der Waals surface area contributed by atoms with Crippen LogP contribution in [0.4, 0.5) is 0 Å². The van der Waals surface area contributed by atoms with E-state index in [-0.39, 0.29) is 0 Å². The zero-order valence-electron chi connectivity index (χ0n) is 44.4. The van der Waals surface area contributed by atoms with Gasteiger partial charge < -0.3 is 4.57 Å². The minimum atomic E-state index is 0.292. The fourth-order valence-corrected chi connectivity index (χ4v) is 15.2. The highest BCUT2D eigenvalue weighted by Gasteiger charge is 2.22. The molecular weight excluding hydrogens is 1030 g/mol. The first-order chi connectivity index (χ1) is 40.6. The van der Waals surface area contributed by atoms with Crippen molar-refractivity contribution in [2.75, 3.05) is 0 Å². The summed E-state index contributed by atoms with van der Waals surface area (Å²) in [5, 5.41) is 10.1. The molecule has 1 atom stereocenters. The SMILES string of the molecule is C1=c2sc3ccccc3c2=CC(c2ccc3c(c2)c2ccccc2n3-c2cccc(-c3cc(-c4cccc(-c5ccccc5-c5ccccc5)c4)nc(-n4c5ccccc5c5cc(-c6ccc7sc8ccccc8c7c6)ccc54)n3)c2)C1. The number of aromatic nitrogens is 4. The van der Waals surface area contributed by atoms with E-state index in [4.69, 9.17) is 9.97 Å². The number of fused-ring (bicyclic) bond motifs is 12. The first kappa shape index (κ1) is 46.9. The molecule has 17 rings (SSSR count). The molecular formula is C76H48N4S2. The second-order valence-electron chi connectivity index (χ2n) is 21.6. The van der Waals surface area contributed by atoms with Crippen LogP contribution in [0.5, 0.6) is 0 Å². The fourth-order valence-electron chi connectivity index (χ4n) is 13.0. The van der Waals surface area contributed by atoms with E-state index in [1.165, 1.54) is 95.2 Å². The molecule has 1 unspecified atom stereocenters. The molecule has 1 aliphatic rings. The molecule has 384 valence electrons. The van der Waals surface area contributed by atoms with Gasteiger partial charge in [0.05, 0.1) is 33.5 Å². The lowest BCUT2D eigenvalue weighted by molar-refractivity contribution is 0.928. The van der Waals surface area contributed by atoms with Gasteiger partial charge in [-0.15, -0.1) is 22.7 Å². The van der Waals surface area contributed by atoms with E-state index >= 15 is 0 Å². The molecule has 11 aromatic carbocycles. The molecule has 0 saturated heterocycles. The third-order valence-electron chi connectivity index (χ3n) is 16.9. The fraction of sp³-hybridized carbons (Fsp3) is 0.0263. The summed E-state index contributed by atoms with van der Waals surface area (Å²) in [4.78, 5) is 11.2. The molecule has 0 fully saturated rings. The van der Waals surface area contributed by atoms with E-state index in [9.17, 15) is 0 Å². The lowest BCUT2D eigenvalue weighted by atomic mass is 9.91. The molecule has 0 aliphatic heterocycles. The number of hydrogen-bond acceptors (Lipinski definition) is 4. The third-order valence-corrected chi connectivity index (χ3v) is 19.2. The van der Waals surface area contributed by atoms with Crippen LogP contribution in [0.25, 0.3) is 154 Å². The number of thiophene rings is 2. The number of nitrogens with zero attached hydrogens (tertiary/aromatic N) is 4. The third kappa shape index (κ3) is 7.63. The Morgan fingerprint density at radius 1 is 0.341 bits per heavy atom. The number of rotatable bonds is 8. The maximum absolute atomic E-state index is 5.62. The second-order valence-corrected chi connectivity index (χ2v) is 23.8. The predicted octanol–water partition coefficient (Wildman–Crippen LogP) is 19.3. The minimum absolute atomic E-state index is 0.292. The number of benzene rings is 11. The van der Waals surface area contributed by atoms with Gasteiger partial charge in [-0.1, -0.05) is 188 Å². The van der Waals surface area contributed by atoms with Gasteiger partial charge in [0.15, 0.2) is 0 Å². The summed E-state index contributed by atoms with van der Waals surface area (Å²) in [5.74, 6) is 0.904. The van der Waals surface area contributed by atoms with Crippen molar-refractivity contribution in [3.8, 4) is 67.5 Å². The van der Waals surface area contributed by atoms with Crippen LogP contribution in [0.15, 0.2) is 261 Å². The minimum Gasteiger partial charge on any atom is -0.309 e. The second kappa shape index (κ2) is 18.8. The van der Waals surface area contributed by atoms with Crippen LogP contribution in [-0.2, 0) is 0 Å². The largest absolute Gasteiger partial charge is 0.309 e. The Kier molecular flexibility index (Phi) is 10.8. The van der Waals surface area contributed by atoms with Crippen molar-refractivity contribution in [3.63, 3.8) is 0 Å². The molecule has 0 bridgehead atoms. The average molecular weight is 1080 g/mol. The molecule has 0 spiro atoms. The Morgan fingerprint density at radius 2 is 0.890 bits per heavy atom. The molecule has 5 heterocycles. The molecule has 82 heavy (non-hydrogen) atoms. The molecule has 0 radical (unpaired) electrons. The van der Waals surface area contributed by atoms with E-state index < -0.39 is 0 Å². The van der Waals surface area contributed by atoms with Gasteiger partial charge >= 0.3 is 0 Å². The van der Waals surface area contributed by atoms with Gasteiger partial charge in [-0.05, 0) is 141 Å². The van der Waals surface area contributed by atoms with E-state index in [0.29, 0.717) is 11.9 Å². The Hall–Kier alpha value is -9.98. The summed E-state index contributed by atoms with van der Waals surface area (Å²) in [6.07, 6.45) is 5.94. The van der Waals surface area contributed by atoms with Crippen molar-refractivity contribution < 1.29 is 0 Å². The van der Waals surface area contributed by atoms with E-state index in [1.54, 1.807) is 0 Å². The summed E-state index contributed by atoms with van der Waals surface area (Å²) < 4.78 is 10.0. The quantitative estimate of drug-likeness (QED) is 0.152. The van der Waals surface area contributed by atoms with Gasteiger partial charge in [0.25, 0.3) is 0 Å². The van der Waals surface area contributed by atoms with Gasteiger partial charge in [-0.2, -0.15) is 0 Å². The molecule has 5 aromatic heterocycles. The van der Waals surface area contributed by atoms with E-state index in [0.717, 1.165) is 62.0 Å². The highest BCUT2D eigenvalue weighted by Crippen LogP contribution is 2.42. The van der Waals surface area contributed by atoms with Crippen molar-refractivity contribution in [1.29, 1.82) is 0 Å². The summed E-state index contributed by atoms with van der Waals surface area (Å²) in [5.41, 5.74) is 17.6. The van der Waals surface area contributed by atoms with Crippen molar-refractivity contribution in [2.45, 2.75) is 12.3 Å². The van der Waals surface area contributed by atoms with Crippen LogP contribution >= 0.6 is 22.7 Å². The van der Waals surface area contributed by atoms with E-state index in [2.05, 4.69) is 282 Å². The molecule has 0 saturated carbocycles. The molecule has 4 nitrogen and oxygen atoms in total. The van der Waals surface area contributed by atoms with Crippen molar-refractivity contribution in [3.05, 3.63) is 276 Å². The van der Waals surface area contributed by atoms with Gasteiger partial charge in [0, 0.05) is 73.7 Å². The highest BCUT2D eigenvalue weighted by atomic mass is 32.1. The van der Waals surface area contributed by atoms with Crippen LogP contribution in [0.1, 0.15) is 17.9 Å². The number of para-hydroxylation sites is 2. The summed E-state index contributed by atoms with van der Waals surface area (Å²) >= 11 is 3.76. The maximum atomic E-state index is 5.62. The highest BCUT2D eigenvalue weighted by molar-refractivity contribution is 7.25. The average Bonchev–Trinajstić information content (AvgIpc) is 4.31. The lowest BCUT2D eigenvalue weighted by Gasteiger charge is -2.15. The van der Waals surface area contributed by atoms with Gasteiger partial charge in [-0.3, -0.25) is 4.57 Å². The number of hydrogen-bond donors (Lipinski definition) is 0. The van der Waals surface area contributed by atoms with Crippen molar-refractivity contribution in [2.24, 2.45) is 0 Å². The molecule has 0 amide bonds. The van der Waals surface area contributed by atoms with Gasteiger partial charge in [0.2, 0.25) is 5.95 Å². The Labute approximate surface area is 480 Å². The van der Waals surface area contributed by atoms with E-state index in [1.807, 2.05) is 22.7 Å². The summed E-state index contributed by atoms with van der Waals surface area (Å²) in [6.45, 7) is 0. The summed E-state index contributed by atoms with van der Waals surface area (Å²) in [7, 11) is 0. The van der Waals surface area contributed by atoms with Crippen LogP contribution in [-0.4, -0.2) is 19.1 Å². The topological polar surface area (TPSA) is 35.6 Å². The Balaban J connectivity index is 0.828. The Bertz CT molecular complexity index is 5410. The van der Waals surface area contributed by atoms with Crippen molar-refractivity contribution in [1.82, 2.24) is 19.1 Å². The van der Waals surface area contributed by atoms with Crippen molar-refractivity contribution >= 4 is 109 Å². The smallest absolute Gasteiger partial charge is 0.235 e. The molecule has 16 aromatic rings. The van der Waals surface area contributed by atoms with Crippen LogP contribution in [0.2, 0.25) is 0 Å². The first-order valence-corrected chi connectivity index (χ1v) is 29.7. The standard InChI is InChI=1S/C76H48N4S2/c1-2-16-47(17-3-1)56-22-4-5-23-57(56)52-18-14-19-53(40-52)66-46-67(78-76(77-66)80-69-29-11-7-25-59(69)63-43-49(33-37-71(63)80)51-35-39-75-65(45-51)61-27-9-13-31-73(61)82-75)54-20-15-21-55(41-54)79-68-28-10-6-24-58(68)62-42-48(32-36-70(62)79)50-34-38-74-64(44-50)60-26-8-12-30-72(60)81-74/h1-33,35-46,50H,34H2. The zero-order chi connectivity index (χ0) is 53.8. The predicted molar refractivity (Wildman–Crippen MR) is 348 cm³/mol. The summed E-state index contributed by atoms with van der Waals surface area (Å²) in [6, 6.07) is 95.3. The van der Waals surface area contributed by atoms with Crippen LogP contribution in [0, 0.1) is 0 Å². The first-order valence-electron chi connectivity index (χ1n) is 28.1.